The van der Waals surface area contributed by atoms with E-state index in [1.807, 2.05) is 39.4 Å². The number of pyridine rings is 2. The molecule has 2 saturated carbocycles. The second-order valence-corrected chi connectivity index (χ2v) is 7.71. The first-order chi connectivity index (χ1) is 13.8. The monoisotopic (exact) mass is 369 g/mol. The van der Waals surface area contributed by atoms with Crippen LogP contribution in [0.4, 0.5) is 0 Å². The molecule has 6 nitrogen and oxygen atoms in total. The molecule has 138 valence electrons. The fourth-order valence-corrected chi connectivity index (χ4v) is 3.80. The van der Waals surface area contributed by atoms with Crippen LogP contribution in [0.3, 0.4) is 0 Å². The van der Waals surface area contributed by atoms with E-state index < -0.39 is 0 Å². The van der Waals surface area contributed by atoms with Crippen molar-refractivity contribution in [2.45, 2.75) is 38.3 Å². The van der Waals surface area contributed by atoms with Crippen molar-refractivity contribution in [1.29, 1.82) is 0 Å². The first kappa shape index (κ1) is 15.7. The van der Waals surface area contributed by atoms with E-state index in [9.17, 15) is 4.79 Å². The van der Waals surface area contributed by atoms with Crippen molar-refractivity contribution in [2.75, 3.05) is 0 Å². The number of aromatic nitrogens is 5. The highest BCUT2D eigenvalue weighted by atomic mass is 16.1. The van der Waals surface area contributed by atoms with E-state index in [4.69, 9.17) is 4.98 Å². The van der Waals surface area contributed by atoms with Crippen LogP contribution in [0.2, 0.25) is 0 Å². The molecule has 28 heavy (non-hydrogen) atoms. The predicted octanol–water partition coefficient (Wildman–Crippen LogP) is 2.99. The summed E-state index contributed by atoms with van der Waals surface area (Å²) >= 11 is 0. The van der Waals surface area contributed by atoms with Crippen LogP contribution >= 0.6 is 0 Å². The molecule has 0 unspecified atom stereocenters. The second-order valence-electron chi connectivity index (χ2n) is 7.71. The minimum atomic E-state index is 0.0173. The Morgan fingerprint density at radius 1 is 1.11 bits per heavy atom. The molecule has 6 heteroatoms. The Kier molecular flexibility index (Phi) is 3.27. The molecule has 2 aliphatic rings. The highest BCUT2D eigenvalue weighted by Gasteiger charge is 2.29. The summed E-state index contributed by atoms with van der Waals surface area (Å²) in [4.78, 5) is 22.3. The van der Waals surface area contributed by atoms with Crippen molar-refractivity contribution in [3.63, 3.8) is 0 Å². The van der Waals surface area contributed by atoms with Gasteiger partial charge in [-0.2, -0.15) is 0 Å². The number of imidazole rings is 2. The second kappa shape index (κ2) is 5.83. The molecule has 2 aliphatic carbocycles. The van der Waals surface area contributed by atoms with Gasteiger partial charge >= 0.3 is 5.69 Å². The van der Waals surface area contributed by atoms with Crippen molar-refractivity contribution in [3.05, 3.63) is 64.7 Å². The van der Waals surface area contributed by atoms with Crippen LogP contribution in [0.5, 0.6) is 0 Å². The molecule has 4 aromatic rings. The molecular formula is C22H19N5O. The van der Waals surface area contributed by atoms with Gasteiger partial charge in [-0.3, -0.25) is 18.5 Å². The van der Waals surface area contributed by atoms with Crippen LogP contribution in [0.15, 0.2) is 47.7 Å². The molecule has 0 amide bonds. The molecule has 0 radical (unpaired) electrons. The number of rotatable bonds is 3. The summed E-state index contributed by atoms with van der Waals surface area (Å²) in [5, 5.41) is 0. The predicted molar refractivity (Wildman–Crippen MR) is 106 cm³/mol. The van der Waals surface area contributed by atoms with E-state index in [1.165, 1.54) is 12.8 Å². The van der Waals surface area contributed by atoms with Gasteiger partial charge in [-0.25, -0.2) is 9.78 Å². The van der Waals surface area contributed by atoms with E-state index in [1.54, 1.807) is 17.0 Å². The van der Waals surface area contributed by atoms with Crippen molar-refractivity contribution in [1.82, 2.24) is 23.5 Å². The topological polar surface area (TPSA) is 57.1 Å². The van der Waals surface area contributed by atoms with Crippen LogP contribution in [-0.4, -0.2) is 23.5 Å². The average molecular weight is 369 g/mol. The molecule has 4 heterocycles. The van der Waals surface area contributed by atoms with Gasteiger partial charge in [0.25, 0.3) is 0 Å². The maximum Gasteiger partial charge on any atom is 0.329 e. The van der Waals surface area contributed by atoms with Crippen LogP contribution in [0, 0.1) is 17.8 Å². The lowest BCUT2D eigenvalue weighted by molar-refractivity contribution is 0.667. The molecule has 4 aromatic heterocycles. The summed E-state index contributed by atoms with van der Waals surface area (Å²) in [6.07, 6.45) is 10.0. The van der Waals surface area contributed by atoms with Crippen LogP contribution in [0.25, 0.3) is 16.7 Å². The summed E-state index contributed by atoms with van der Waals surface area (Å²) in [5.74, 6) is 7.19. The fraction of sp³-hybridized carbons (Fsp3) is 0.318. The summed E-state index contributed by atoms with van der Waals surface area (Å²) in [6, 6.07) is 8.18. The summed E-state index contributed by atoms with van der Waals surface area (Å²) < 4.78 is 5.74. The van der Waals surface area contributed by atoms with Gasteiger partial charge < -0.3 is 0 Å². The third-order valence-corrected chi connectivity index (χ3v) is 5.56. The van der Waals surface area contributed by atoms with Crippen molar-refractivity contribution >= 4 is 16.7 Å². The maximum absolute atomic E-state index is 13.2. The normalized spacial score (nSPS) is 16.4. The molecule has 6 rings (SSSR count). The summed E-state index contributed by atoms with van der Waals surface area (Å²) in [5.41, 5.74) is 4.40. The standard InChI is InChI=1S/C22H19N5O/c28-22-26(20-13-23-11-10-19(20)27(22)16-7-8-16)14-17-18(9-6-15-4-5-15)25-12-2-1-3-21(25)24-17/h1-3,10-13,15-16H,4-5,7-8,14H2. The van der Waals surface area contributed by atoms with E-state index in [-0.39, 0.29) is 5.69 Å². The molecule has 0 bridgehead atoms. The zero-order chi connectivity index (χ0) is 18.7. The molecule has 0 aromatic carbocycles. The minimum Gasteiger partial charge on any atom is -0.293 e. The fourth-order valence-electron chi connectivity index (χ4n) is 3.80. The lowest BCUT2D eigenvalue weighted by Crippen LogP contribution is -2.24. The zero-order valence-corrected chi connectivity index (χ0v) is 15.4. The lowest BCUT2D eigenvalue weighted by atomic mass is 10.3. The van der Waals surface area contributed by atoms with E-state index >= 15 is 0 Å². The molecule has 0 N–H and O–H groups in total. The summed E-state index contributed by atoms with van der Waals surface area (Å²) in [6.45, 7) is 0.400. The van der Waals surface area contributed by atoms with Gasteiger partial charge in [-0.05, 0) is 49.8 Å². The zero-order valence-electron chi connectivity index (χ0n) is 15.4. The van der Waals surface area contributed by atoms with Gasteiger partial charge in [0.1, 0.15) is 11.3 Å². The quantitative estimate of drug-likeness (QED) is 0.522. The van der Waals surface area contributed by atoms with Crippen molar-refractivity contribution in [3.8, 4) is 11.8 Å². The molecule has 0 spiro atoms. The smallest absolute Gasteiger partial charge is 0.293 e. The molecule has 0 atom stereocenters. The molecule has 0 aliphatic heterocycles. The highest BCUT2D eigenvalue weighted by Crippen LogP contribution is 2.36. The minimum absolute atomic E-state index is 0.0173. The number of fused-ring (bicyclic) bond motifs is 2. The van der Waals surface area contributed by atoms with E-state index in [0.29, 0.717) is 18.5 Å². The first-order valence-electron chi connectivity index (χ1n) is 9.82. The number of hydrogen-bond acceptors (Lipinski definition) is 3. The van der Waals surface area contributed by atoms with Crippen molar-refractivity contribution in [2.24, 2.45) is 5.92 Å². The van der Waals surface area contributed by atoms with Crippen LogP contribution in [-0.2, 0) is 6.54 Å². The number of nitrogens with zero attached hydrogens (tertiary/aromatic N) is 5. The van der Waals surface area contributed by atoms with Crippen LogP contribution in [0.1, 0.15) is 43.1 Å². The Morgan fingerprint density at radius 2 is 2.00 bits per heavy atom. The molecule has 0 saturated heterocycles. The van der Waals surface area contributed by atoms with E-state index in [2.05, 4.69) is 16.8 Å². The highest BCUT2D eigenvalue weighted by molar-refractivity contribution is 5.75. The average Bonchev–Trinajstić information content (AvgIpc) is 3.64. The Bertz CT molecular complexity index is 1340. The van der Waals surface area contributed by atoms with Gasteiger partial charge in [0.2, 0.25) is 0 Å². The van der Waals surface area contributed by atoms with Gasteiger partial charge in [0, 0.05) is 24.4 Å². The van der Waals surface area contributed by atoms with Gasteiger partial charge in [0.05, 0.1) is 29.5 Å². The van der Waals surface area contributed by atoms with Gasteiger partial charge in [-0.1, -0.05) is 12.0 Å². The van der Waals surface area contributed by atoms with Crippen LogP contribution < -0.4 is 5.69 Å². The third-order valence-electron chi connectivity index (χ3n) is 5.56. The number of hydrogen-bond donors (Lipinski definition) is 0. The third kappa shape index (κ3) is 2.47. The Hall–Kier alpha value is -3.33. The largest absolute Gasteiger partial charge is 0.329 e. The van der Waals surface area contributed by atoms with Gasteiger partial charge in [0.15, 0.2) is 0 Å². The van der Waals surface area contributed by atoms with Crippen molar-refractivity contribution < 1.29 is 0 Å². The Labute approximate surface area is 161 Å². The SMILES string of the molecule is O=c1n(Cc2nc3ccccn3c2C#CC2CC2)c2cnccc2n1C1CC1. The Morgan fingerprint density at radius 3 is 2.82 bits per heavy atom. The Balaban J connectivity index is 1.53. The summed E-state index contributed by atoms with van der Waals surface area (Å²) in [7, 11) is 0. The first-order valence-corrected chi connectivity index (χ1v) is 9.82. The maximum atomic E-state index is 13.2. The molecular weight excluding hydrogens is 350 g/mol. The lowest BCUT2D eigenvalue weighted by Gasteiger charge is -2.01. The van der Waals surface area contributed by atoms with Gasteiger partial charge in [-0.15, -0.1) is 0 Å². The molecule has 2 fully saturated rings. The van der Waals surface area contributed by atoms with E-state index in [0.717, 1.165) is 40.9 Å².